The molecule has 0 fully saturated rings. The van der Waals surface area contributed by atoms with E-state index in [4.69, 9.17) is 0 Å². The summed E-state index contributed by atoms with van der Waals surface area (Å²) in [5, 5.41) is 0. The molecule has 2 aromatic rings. The lowest BCUT2D eigenvalue weighted by Gasteiger charge is -2.27. The summed E-state index contributed by atoms with van der Waals surface area (Å²) in [5.74, 6) is 0. The molecule has 3 heteroatoms. The van der Waals surface area contributed by atoms with Crippen LogP contribution in [0.1, 0.15) is 37.6 Å². The van der Waals surface area contributed by atoms with Crippen molar-refractivity contribution in [3.8, 4) is 0 Å². The highest BCUT2D eigenvalue weighted by atomic mass is 15.2. The lowest BCUT2D eigenvalue weighted by Crippen LogP contribution is -2.25. The fourth-order valence-corrected chi connectivity index (χ4v) is 2.61. The van der Waals surface area contributed by atoms with Gasteiger partial charge in [-0.25, -0.2) is 4.98 Å². The number of rotatable bonds is 6. The fourth-order valence-electron chi connectivity index (χ4n) is 2.61. The molecular weight excluding hydrogens is 234 g/mol. The number of nitrogens with zero attached hydrogens (tertiary/aromatic N) is 3. The Kier molecular flexibility index (Phi) is 4.74. The number of benzene rings is 1. The third-order valence-electron chi connectivity index (χ3n) is 3.65. The van der Waals surface area contributed by atoms with Crippen molar-refractivity contribution in [2.24, 2.45) is 0 Å². The van der Waals surface area contributed by atoms with Crippen molar-refractivity contribution in [2.75, 3.05) is 7.05 Å². The Balaban J connectivity index is 2.11. The molecule has 1 aromatic carbocycles. The zero-order valence-electron chi connectivity index (χ0n) is 12.1. The number of hydrogen-bond acceptors (Lipinski definition) is 2. The van der Waals surface area contributed by atoms with Crippen LogP contribution in [-0.4, -0.2) is 21.5 Å². The van der Waals surface area contributed by atoms with E-state index in [0.717, 1.165) is 19.5 Å². The predicted molar refractivity (Wildman–Crippen MR) is 78.8 cm³/mol. The molecule has 0 saturated heterocycles. The van der Waals surface area contributed by atoms with Crippen LogP contribution < -0.4 is 0 Å². The first kappa shape index (κ1) is 13.8. The van der Waals surface area contributed by atoms with E-state index >= 15 is 0 Å². The van der Waals surface area contributed by atoms with Gasteiger partial charge in [-0.05, 0) is 26.0 Å². The Labute approximate surface area is 115 Å². The van der Waals surface area contributed by atoms with E-state index < -0.39 is 0 Å². The summed E-state index contributed by atoms with van der Waals surface area (Å²) < 4.78 is 2.20. The molecule has 0 aliphatic carbocycles. The molecule has 0 bridgehead atoms. The Bertz CT molecular complexity index is 490. The Morgan fingerprint density at radius 3 is 2.58 bits per heavy atom. The molecular formula is C16H23N3. The molecule has 3 nitrogen and oxygen atoms in total. The van der Waals surface area contributed by atoms with E-state index in [1.165, 1.54) is 11.3 Å². The van der Waals surface area contributed by atoms with Gasteiger partial charge in [0.1, 0.15) is 0 Å². The van der Waals surface area contributed by atoms with Crippen molar-refractivity contribution in [1.29, 1.82) is 0 Å². The van der Waals surface area contributed by atoms with Crippen LogP contribution in [0.3, 0.4) is 0 Å². The van der Waals surface area contributed by atoms with Gasteiger partial charge in [-0.1, -0.05) is 37.3 Å². The van der Waals surface area contributed by atoms with Crippen LogP contribution in [0.25, 0.3) is 0 Å². The quantitative estimate of drug-likeness (QED) is 0.790. The van der Waals surface area contributed by atoms with Gasteiger partial charge in [0.05, 0.1) is 12.0 Å². The lowest BCUT2D eigenvalue weighted by molar-refractivity contribution is 0.225. The van der Waals surface area contributed by atoms with Crippen molar-refractivity contribution in [3.63, 3.8) is 0 Å². The van der Waals surface area contributed by atoms with Crippen molar-refractivity contribution in [2.45, 2.75) is 39.4 Å². The fraction of sp³-hybridized carbons (Fsp3) is 0.438. The minimum atomic E-state index is 0.460. The van der Waals surface area contributed by atoms with Crippen LogP contribution in [0.5, 0.6) is 0 Å². The zero-order chi connectivity index (χ0) is 13.7. The second-order valence-corrected chi connectivity index (χ2v) is 4.92. The summed E-state index contributed by atoms with van der Waals surface area (Å²) in [6.45, 7) is 6.30. The minimum absolute atomic E-state index is 0.460. The van der Waals surface area contributed by atoms with E-state index in [1.54, 1.807) is 0 Å². The normalized spacial score (nSPS) is 12.8. The van der Waals surface area contributed by atoms with Crippen molar-refractivity contribution < 1.29 is 0 Å². The van der Waals surface area contributed by atoms with Crippen molar-refractivity contribution in [3.05, 3.63) is 54.1 Å². The average Bonchev–Trinajstić information content (AvgIpc) is 2.88. The van der Waals surface area contributed by atoms with Crippen LogP contribution in [0.15, 0.2) is 42.9 Å². The van der Waals surface area contributed by atoms with Gasteiger partial charge < -0.3 is 4.57 Å². The summed E-state index contributed by atoms with van der Waals surface area (Å²) in [7, 11) is 2.19. The molecule has 0 radical (unpaired) electrons. The molecule has 0 amide bonds. The molecule has 0 N–H and O–H groups in total. The second kappa shape index (κ2) is 6.53. The molecule has 0 aliphatic heterocycles. The molecule has 19 heavy (non-hydrogen) atoms. The first-order valence-electron chi connectivity index (χ1n) is 7.00. The van der Waals surface area contributed by atoms with E-state index in [-0.39, 0.29) is 0 Å². The Morgan fingerprint density at radius 2 is 1.95 bits per heavy atom. The van der Waals surface area contributed by atoms with Gasteiger partial charge in [0.2, 0.25) is 0 Å². The third-order valence-corrected chi connectivity index (χ3v) is 3.65. The number of imidazole rings is 1. The topological polar surface area (TPSA) is 21.1 Å². The molecule has 2 rings (SSSR count). The number of aryl methyl sites for hydroxylation is 1. The third kappa shape index (κ3) is 3.24. The molecule has 1 aromatic heterocycles. The SMILES string of the molecule is CC[C@H](c1ccccc1)N(C)Cc1cncn1CC. The zero-order valence-corrected chi connectivity index (χ0v) is 12.1. The van der Waals surface area contributed by atoms with Crippen LogP contribution in [0.2, 0.25) is 0 Å². The van der Waals surface area contributed by atoms with Crippen LogP contribution >= 0.6 is 0 Å². The van der Waals surface area contributed by atoms with E-state index in [9.17, 15) is 0 Å². The van der Waals surface area contributed by atoms with E-state index in [0.29, 0.717) is 6.04 Å². The average molecular weight is 257 g/mol. The largest absolute Gasteiger partial charge is 0.334 e. The highest BCUT2D eigenvalue weighted by Crippen LogP contribution is 2.24. The minimum Gasteiger partial charge on any atom is -0.334 e. The monoisotopic (exact) mass is 257 g/mol. The van der Waals surface area contributed by atoms with Crippen LogP contribution in [0.4, 0.5) is 0 Å². The molecule has 0 unspecified atom stereocenters. The molecule has 0 spiro atoms. The molecule has 1 heterocycles. The summed E-state index contributed by atoms with van der Waals surface area (Å²) in [6, 6.07) is 11.2. The van der Waals surface area contributed by atoms with Crippen molar-refractivity contribution >= 4 is 0 Å². The number of aromatic nitrogens is 2. The standard InChI is InChI=1S/C16H23N3/c1-4-16(14-9-7-6-8-10-14)18(3)12-15-11-17-13-19(15)5-2/h6-11,13,16H,4-5,12H2,1-3H3/t16-/m1/s1. The maximum atomic E-state index is 4.24. The van der Waals surface area contributed by atoms with Gasteiger partial charge in [0.15, 0.2) is 0 Å². The van der Waals surface area contributed by atoms with Gasteiger partial charge in [-0.2, -0.15) is 0 Å². The van der Waals surface area contributed by atoms with E-state index in [1.807, 2.05) is 12.5 Å². The highest BCUT2D eigenvalue weighted by molar-refractivity contribution is 5.19. The van der Waals surface area contributed by atoms with Gasteiger partial charge in [0, 0.05) is 25.3 Å². The first-order chi connectivity index (χ1) is 9.26. The summed E-state index contributed by atoms with van der Waals surface area (Å²) in [5.41, 5.74) is 2.66. The van der Waals surface area contributed by atoms with Gasteiger partial charge in [0.25, 0.3) is 0 Å². The summed E-state index contributed by atoms with van der Waals surface area (Å²) in [4.78, 5) is 6.64. The smallest absolute Gasteiger partial charge is 0.0948 e. The molecule has 102 valence electrons. The van der Waals surface area contributed by atoms with Gasteiger partial charge in [-0.3, -0.25) is 4.90 Å². The molecule has 0 saturated carbocycles. The predicted octanol–water partition coefficient (Wildman–Crippen LogP) is 3.49. The van der Waals surface area contributed by atoms with E-state index in [2.05, 4.69) is 65.7 Å². The highest BCUT2D eigenvalue weighted by Gasteiger charge is 2.16. The number of hydrogen-bond donors (Lipinski definition) is 0. The Morgan fingerprint density at radius 1 is 1.21 bits per heavy atom. The maximum Gasteiger partial charge on any atom is 0.0948 e. The Hall–Kier alpha value is -1.61. The lowest BCUT2D eigenvalue weighted by atomic mass is 10.0. The maximum absolute atomic E-state index is 4.24. The van der Waals surface area contributed by atoms with Crippen LogP contribution in [0, 0.1) is 0 Å². The van der Waals surface area contributed by atoms with Gasteiger partial charge >= 0.3 is 0 Å². The summed E-state index contributed by atoms with van der Waals surface area (Å²) in [6.07, 6.45) is 4.99. The second-order valence-electron chi connectivity index (χ2n) is 4.92. The first-order valence-corrected chi connectivity index (χ1v) is 7.00. The summed E-state index contributed by atoms with van der Waals surface area (Å²) >= 11 is 0. The van der Waals surface area contributed by atoms with Crippen LogP contribution in [-0.2, 0) is 13.1 Å². The van der Waals surface area contributed by atoms with Crippen molar-refractivity contribution in [1.82, 2.24) is 14.5 Å². The molecule has 1 atom stereocenters. The molecule has 0 aliphatic rings. The van der Waals surface area contributed by atoms with Gasteiger partial charge in [-0.15, -0.1) is 0 Å².